The third-order valence-electron chi connectivity index (χ3n) is 5.13. The summed E-state index contributed by atoms with van der Waals surface area (Å²) >= 11 is 5.72. The maximum absolute atomic E-state index is 15.9. The summed E-state index contributed by atoms with van der Waals surface area (Å²) in [5.41, 5.74) is 1.57. The highest BCUT2D eigenvalue weighted by Crippen LogP contribution is 2.45. The molecule has 0 radical (unpaired) electrons. The highest BCUT2D eigenvalue weighted by molar-refractivity contribution is 6.40. The standard InChI is InChI=1S/C14H22B3ClFN3O7/c1-4(2)6(20)10(26)28-14(16,17)12(19)7(23)8(24)13(15,29-12)22-3-5(18)9(25)21-11(22)27/h3-4,6-8,23-24H,15-17,20H2,1-2H3,(H,21,25,27)/t6-,7-,8+,12-,13-/m0/s1. The summed E-state index contributed by atoms with van der Waals surface area (Å²) < 4.78 is 27.0. The van der Waals surface area contributed by atoms with Crippen LogP contribution in [0, 0.1) is 5.92 Å². The minimum absolute atomic E-state index is 0.305. The molecule has 1 aromatic heterocycles. The molecule has 0 amide bonds. The first-order chi connectivity index (χ1) is 13.1. The molecule has 10 nitrogen and oxygen atoms in total. The van der Waals surface area contributed by atoms with Gasteiger partial charge in [-0.05, 0) is 5.92 Å². The van der Waals surface area contributed by atoms with E-state index in [1.165, 1.54) is 0 Å². The number of nitrogens with zero attached hydrogens (tertiary/aromatic N) is 1. The SMILES string of the molecule is BC(B)(OC(=O)[C@@H](N)C(C)C)[C@@]1(F)O[C@@](B)(n2cc(Cl)c(=O)[nH]c2=O)[C@H](O)[C@@H]1O. The van der Waals surface area contributed by atoms with Gasteiger partial charge in [-0.25, -0.2) is 9.18 Å². The Morgan fingerprint density at radius 1 is 1.45 bits per heavy atom. The van der Waals surface area contributed by atoms with E-state index in [-0.39, 0.29) is 5.92 Å². The minimum atomic E-state index is -3.14. The quantitative estimate of drug-likeness (QED) is 0.268. The third-order valence-corrected chi connectivity index (χ3v) is 5.40. The Morgan fingerprint density at radius 3 is 2.52 bits per heavy atom. The van der Waals surface area contributed by atoms with Crippen LogP contribution in [-0.4, -0.2) is 78.8 Å². The summed E-state index contributed by atoms with van der Waals surface area (Å²) in [6.45, 7) is 3.33. The van der Waals surface area contributed by atoms with Crippen LogP contribution in [0.5, 0.6) is 0 Å². The van der Waals surface area contributed by atoms with Crippen LogP contribution in [0.2, 0.25) is 5.02 Å². The summed E-state index contributed by atoms with van der Waals surface area (Å²) in [6.07, 6.45) is -3.38. The molecular weight excluding hydrogens is 409 g/mol. The van der Waals surface area contributed by atoms with Gasteiger partial charge in [0, 0.05) is 6.20 Å². The number of nitrogens with one attached hydrogen (secondary N) is 1. The number of carbonyl (C=O) groups excluding carboxylic acids is 1. The Hall–Kier alpha value is -1.60. The molecule has 1 aromatic rings. The van der Waals surface area contributed by atoms with E-state index < -0.39 is 57.4 Å². The highest BCUT2D eigenvalue weighted by Gasteiger charge is 2.69. The number of nitrogens with two attached hydrogens (primary N) is 1. The maximum Gasteiger partial charge on any atom is 0.330 e. The van der Waals surface area contributed by atoms with E-state index >= 15 is 4.39 Å². The molecular formula is C14H22B3ClFN3O7. The molecule has 0 bridgehead atoms. The molecule has 5 N–H and O–H groups in total. The number of H-pyrrole nitrogens is 1. The first-order valence-electron chi connectivity index (χ1n) is 8.84. The zero-order valence-corrected chi connectivity index (χ0v) is 17.4. The molecule has 1 saturated heterocycles. The lowest BCUT2D eigenvalue weighted by Gasteiger charge is -2.40. The Labute approximate surface area is 172 Å². The summed E-state index contributed by atoms with van der Waals surface area (Å²) in [7, 11) is 3.36. The second-order valence-electron chi connectivity index (χ2n) is 8.00. The molecule has 2 rings (SSSR count). The molecule has 0 unspecified atom stereocenters. The van der Waals surface area contributed by atoms with Crippen molar-refractivity contribution in [1.82, 2.24) is 9.55 Å². The van der Waals surface area contributed by atoms with E-state index in [1.807, 2.05) is 4.98 Å². The predicted octanol–water partition coefficient (Wildman–Crippen LogP) is -4.70. The van der Waals surface area contributed by atoms with Gasteiger partial charge >= 0.3 is 11.7 Å². The first-order valence-corrected chi connectivity index (χ1v) is 9.22. The molecule has 0 aromatic carbocycles. The lowest BCUT2D eigenvalue weighted by Crippen LogP contribution is -2.62. The number of hydrogen-bond donors (Lipinski definition) is 4. The molecule has 15 heteroatoms. The van der Waals surface area contributed by atoms with Crippen molar-refractivity contribution in [2.24, 2.45) is 11.7 Å². The number of aliphatic hydroxyl groups is 2. The molecule has 1 aliphatic heterocycles. The average Bonchev–Trinajstić information content (AvgIpc) is 2.79. The number of rotatable bonds is 5. The smallest absolute Gasteiger partial charge is 0.330 e. The van der Waals surface area contributed by atoms with E-state index in [0.717, 1.165) is 29.7 Å². The van der Waals surface area contributed by atoms with E-state index in [1.54, 1.807) is 13.8 Å². The zero-order valence-electron chi connectivity index (χ0n) is 16.6. The van der Waals surface area contributed by atoms with Crippen molar-refractivity contribution < 1.29 is 28.9 Å². The second kappa shape index (κ2) is 7.58. The van der Waals surface area contributed by atoms with Gasteiger partial charge in [0.25, 0.3) is 11.4 Å². The van der Waals surface area contributed by atoms with Crippen LogP contribution in [0.25, 0.3) is 0 Å². The van der Waals surface area contributed by atoms with Gasteiger partial charge in [0.05, 0.1) is 0 Å². The highest BCUT2D eigenvalue weighted by atomic mass is 35.5. The van der Waals surface area contributed by atoms with Crippen LogP contribution >= 0.6 is 11.6 Å². The van der Waals surface area contributed by atoms with Gasteiger partial charge in [0.15, 0.2) is 23.5 Å². The number of aromatic amines is 1. The number of esters is 1. The first kappa shape index (κ1) is 23.7. The van der Waals surface area contributed by atoms with Crippen molar-refractivity contribution in [2.45, 2.75) is 49.0 Å². The lowest BCUT2D eigenvalue weighted by molar-refractivity contribution is -0.250. The molecule has 5 atom stereocenters. The monoisotopic (exact) mass is 431 g/mol. The number of carbonyl (C=O) groups is 1. The molecule has 29 heavy (non-hydrogen) atoms. The fourth-order valence-corrected chi connectivity index (χ4v) is 3.17. The Morgan fingerprint density at radius 2 is 2.00 bits per heavy atom. The van der Waals surface area contributed by atoms with Gasteiger partial charge < -0.3 is 25.4 Å². The van der Waals surface area contributed by atoms with E-state index in [9.17, 15) is 24.6 Å². The zero-order chi connectivity index (χ0) is 22.5. The number of aliphatic hydroxyl groups excluding tert-OH is 2. The molecule has 0 spiro atoms. The normalized spacial score (nSPS) is 31.0. The largest absolute Gasteiger partial charge is 0.471 e. The van der Waals surface area contributed by atoms with E-state index in [4.69, 9.17) is 26.8 Å². The predicted molar refractivity (Wildman–Crippen MR) is 109 cm³/mol. The van der Waals surface area contributed by atoms with Crippen LogP contribution in [-0.2, 0) is 19.9 Å². The number of halogens is 2. The molecule has 1 fully saturated rings. The summed E-state index contributed by atoms with van der Waals surface area (Å²) in [5.74, 6) is -4.39. The van der Waals surface area contributed by atoms with Crippen LogP contribution in [0.4, 0.5) is 4.39 Å². The topological polar surface area (TPSA) is 157 Å². The third kappa shape index (κ3) is 3.79. The van der Waals surface area contributed by atoms with Crippen molar-refractivity contribution in [1.29, 1.82) is 0 Å². The van der Waals surface area contributed by atoms with Crippen molar-refractivity contribution in [2.75, 3.05) is 0 Å². The Bertz CT molecular complexity index is 928. The molecule has 158 valence electrons. The summed E-state index contributed by atoms with van der Waals surface area (Å²) in [4.78, 5) is 37.8. The van der Waals surface area contributed by atoms with Crippen molar-refractivity contribution in [3.05, 3.63) is 32.1 Å². The number of aromatic nitrogens is 2. The van der Waals surface area contributed by atoms with Gasteiger partial charge in [0.1, 0.15) is 34.3 Å². The van der Waals surface area contributed by atoms with E-state index in [0.29, 0.717) is 4.57 Å². The van der Waals surface area contributed by atoms with Crippen LogP contribution in [0.1, 0.15) is 13.8 Å². The molecule has 0 saturated carbocycles. The van der Waals surface area contributed by atoms with Crippen molar-refractivity contribution >= 4 is 41.1 Å². The van der Waals surface area contributed by atoms with E-state index in [2.05, 4.69) is 0 Å². The second-order valence-corrected chi connectivity index (χ2v) is 8.41. The fraction of sp³-hybridized carbons (Fsp3) is 0.643. The Kier molecular flexibility index (Phi) is 6.19. The van der Waals surface area contributed by atoms with Gasteiger partial charge in [0.2, 0.25) is 0 Å². The number of ether oxygens (including phenoxy) is 2. The number of hydrogen-bond acceptors (Lipinski definition) is 8. The van der Waals surface area contributed by atoms with Crippen LogP contribution in [0.3, 0.4) is 0 Å². The minimum Gasteiger partial charge on any atom is -0.471 e. The average molecular weight is 431 g/mol. The maximum atomic E-state index is 15.9. The lowest BCUT2D eigenvalue weighted by atomic mass is 9.59. The summed E-state index contributed by atoms with van der Waals surface area (Å²) in [5, 5.41) is 18.4. The summed E-state index contributed by atoms with van der Waals surface area (Å²) in [6, 6.07) is -1.06. The molecule has 1 aliphatic rings. The fourth-order valence-electron chi connectivity index (χ4n) is 3.03. The Balaban J connectivity index is 2.48. The van der Waals surface area contributed by atoms with Crippen molar-refractivity contribution in [3.63, 3.8) is 0 Å². The number of alkyl halides is 1. The van der Waals surface area contributed by atoms with Gasteiger partial charge in [-0.15, -0.1) is 0 Å². The van der Waals surface area contributed by atoms with Gasteiger partial charge in [-0.1, -0.05) is 25.4 Å². The van der Waals surface area contributed by atoms with Crippen LogP contribution < -0.4 is 17.0 Å². The van der Waals surface area contributed by atoms with Crippen molar-refractivity contribution in [3.8, 4) is 0 Å². The van der Waals surface area contributed by atoms with Gasteiger partial charge in [-0.3, -0.25) is 19.1 Å². The van der Waals surface area contributed by atoms with Gasteiger partial charge in [-0.2, -0.15) is 0 Å². The molecule has 2 heterocycles. The molecule has 0 aliphatic carbocycles. The van der Waals surface area contributed by atoms with Crippen LogP contribution in [0.15, 0.2) is 15.8 Å².